The van der Waals surface area contributed by atoms with Crippen LogP contribution in [0.3, 0.4) is 0 Å². The second-order valence-electron chi connectivity index (χ2n) is 2.09. The molecule has 0 atom stereocenters. The molecule has 0 bridgehead atoms. The average Bonchev–Trinajstić information content (AvgIpc) is 1.84. The molecule has 56 valence electrons. The summed E-state index contributed by atoms with van der Waals surface area (Å²) in [6.45, 7) is 3.91. The Kier molecular flexibility index (Phi) is 5.93. The molecule has 0 aromatic rings. The Morgan fingerprint density at radius 1 is 1.33 bits per heavy atom. The molecule has 0 amide bonds. The van der Waals surface area contributed by atoms with Crippen LogP contribution in [-0.2, 0) is 4.74 Å². The van der Waals surface area contributed by atoms with Crippen LogP contribution in [-0.4, -0.2) is 36.6 Å². The molecule has 0 aromatic heterocycles. The van der Waals surface area contributed by atoms with Crippen LogP contribution in [0.1, 0.15) is 6.92 Å². The van der Waals surface area contributed by atoms with Gasteiger partial charge in [0.1, 0.15) is 0 Å². The van der Waals surface area contributed by atoms with Gasteiger partial charge in [0.2, 0.25) is 0 Å². The summed E-state index contributed by atoms with van der Waals surface area (Å²) >= 11 is 0. The minimum atomic E-state index is -0.125. The van der Waals surface area contributed by atoms with Crippen LogP contribution in [0.15, 0.2) is 0 Å². The Labute approximate surface area is 55.3 Å². The van der Waals surface area contributed by atoms with E-state index in [1.807, 2.05) is 0 Å². The number of ether oxygens (including phenoxy) is 1. The van der Waals surface area contributed by atoms with Crippen LogP contribution in [0.2, 0.25) is 0 Å². The molecule has 1 aliphatic rings. The molecule has 0 spiro atoms. The molecule has 1 fully saturated rings. The highest BCUT2D eigenvalue weighted by molar-refractivity contribution is 4.56. The third kappa shape index (κ3) is 5.76. The molecule has 1 heterocycles. The molecular formula is C6H14O3. The van der Waals surface area contributed by atoms with Crippen molar-refractivity contribution in [3.8, 4) is 0 Å². The van der Waals surface area contributed by atoms with Crippen LogP contribution in [0.25, 0.3) is 0 Å². The van der Waals surface area contributed by atoms with E-state index in [-0.39, 0.29) is 13.2 Å². The SMILES string of the molecule is CC1COC1.OCCO. The van der Waals surface area contributed by atoms with E-state index >= 15 is 0 Å². The predicted octanol–water partition coefficient (Wildman–Crippen LogP) is -0.376. The fourth-order valence-electron chi connectivity index (χ4n) is 0.354. The van der Waals surface area contributed by atoms with Gasteiger partial charge in [-0.25, -0.2) is 0 Å². The molecule has 0 radical (unpaired) electrons. The summed E-state index contributed by atoms with van der Waals surface area (Å²) in [6, 6.07) is 0. The van der Waals surface area contributed by atoms with Crippen LogP contribution < -0.4 is 0 Å². The van der Waals surface area contributed by atoms with Gasteiger partial charge in [0.25, 0.3) is 0 Å². The highest BCUT2D eigenvalue weighted by atomic mass is 16.5. The van der Waals surface area contributed by atoms with E-state index in [1.54, 1.807) is 0 Å². The Hall–Kier alpha value is -0.120. The second kappa shape index (κ2) is 6.01. The summed E-state index contributed by atoms with van der Waals surface area (Å²) in [5.41, 5.74) is 0. The van der Waals surface area contributed by atoms with Gasteiger partial charge >= 0.3 is 0 Å². The van der Waals surface area contributed by atoms with Crippen molar-refractivity contribution in [2.45, 2.75) is 6.92 Å². The molecule has 3 nitrogen and oxygen atoms in total. The van der Waals surface area contributed by atoms with E-state index < -0.39 is 0 Å². The third-order valence-electron chi connectivity index (χ3n) is 0.905. The van der Waals surface area contributed by atoms with Crippen molar-refractivity contribution in [3.63, 3.8) is 0 Å². The molecule has 0 aromatic carbocycles. The first-order valence-corrected chi connectivity index (χ1v) is 3.10. The first kappa shape index (κ1) is 8.88. The Morgan fingerprint density at radius 3 is 1.67 bits per heavy atom. The van der Waals surface area contributed by atoms with Gasteiger partial charge < -0.3 is 14.9 Å². The molecule has 0 unspecified atom stereocenters. The van der Waals surface area contributed by atoms with Crippen LogP contribution in [0, 0.1) is 5.92 Å². The van der Waals surface area contributed by atoms with Crippen LogP contribution in [0.5, 0.6) is 0 Å². The lowest BCUT2D eigenvalue weighted by atomic mass is 10.2. The molecular weight excluding hydrogens is 120 g/mol. The Morgan fingerprint density at radius 2 is 1.67 bits per heavy atom. The van der Waals surface area contributed by atoms with E-state index in [0.29, 0.717) is 0 Å². The van der Waals surface area contributed by atoms with Crippen LogP contribution in [0.4, 0.5) is 0 Å². The molecule has 0 aliphatic carbocycles. The molecule has 2 N–H and O–H groups in total. The van der Waals surface area contributed by atoms with Gasteiger partial charge in [0, 0.05) is 5.92 Å². The molecule has 0 saturated carbocycles. The number of aliphatic hydroxyl groups is 2. The van der Waals surface area contributed by atoms with E-state index in [1.165, 1.54) is 0 Å². The van der Waals surface area contributed by atoms with E-state index in [9.17, 15) is 0 Å². The minimum absolute atomic E-state index is 0.125. The van der Waals surface area contributed by atoms with Gasteiger partial charge in [-0.3, -0.25) is 0 Å². The minimum Gasteiger partial charge on any atom is -0.394 e. The van der Waals surface area contributed by atoms with E-state index in [0.717, 1.165) is 19.1 Å². The number of hydrogen-bond acceptors (Lipinski definition) is 3. The largest absolute Gasteiger partial charge is 0.394 e. The van der Waals surface area contributed by atoms with Gasteiger partial charge in [-0.2, -0.15) is 0 Å². The second-order valence-corrected chi connectivity index (χ2v) is 2.09. The zero-order valence-corrected chi connectivity index (χ0v) is 5.71. The third-order valence-corrected chi connectivity index (χ3v) is 0.905. The fraction of sp³-hybridized carbons (Fsp3) is 1.00. The Bertz CT molecular complexity index is 50.3. The van der Waals surface area contributed by atoms with Crippen molar-refractivity contribution >= 4 is 0 Å². The maximum Gasteiger partial charge on any atom is 0.0662 e. The van der Waals surface area contributed by atoms with Gasteiger partial charge in [-0.1, -0.05) is 6.92 Å². The average molecular weight is 134 g/mol. The van der Waals surface area contributed by atoms with Gasteiger partial charge in [0.15, 0.2) is 0 Å². The Balaban J connectivity index is 0.000000148. The van der Waals surface area contributed by atoms with Gasteiger partial charge in [0.05, 0.1) is 26.4 Å². The van der Waals surface area contributed by atoms with E-state index in [2.05, 4.69) is 6.92 Å². The zero-order valence-electron chi connectivity index (χ0n) is 5.71. The quantitative estimate of drug-likeness (QED) is 0.514. The van der Waals surface area contributed by atoms with Crippen molar-refractivity contribution in [1.82, 2.24) is 0 Å². The lowest BCUT2D eigenvalue weighted by molar-refractivity contribution is -0.0221. The highest BCUT2D eigenvalue weighted by Gasteiger charge is 2.09. The predicted molar refractivity (Wildman–Crippen MR) is 34.2 cm³/mol. The summed E-state index contributed by atoms with van der Waals surface area (Å²) < 4.78 is 4.83. The lowest BCUT2D eigenvalue weighted by Gasteiger charge is -2.20. The number of hydrogen-bond donors (Lipinski definition) is 2. The maximum absolute atomic E-state index is 7.62. The highest BCUT2D eigenvalue weighted by Crippen LogP contribution is 2.05. The number of aliphatic hydroxyl groups excluding tert-OH is 2. The summed E-state index contributed by atoms with van der Waals surface area (Å²) in [5.74, 6) is 0.843. The van der Waals surface area contributed by atoms with Crippen molar-refractivity contribution in [2.24, 2.45) is 5.92 Å². The first-order chi connectivity index (χ1) is 4.31. The first-order valence-electron chi connectivity index (χ1n) is 3.10. The van der Waals surface area contributed by atoms with Crippen LogP contribution >= 0.6 is 0 Å². The number of rotatable bonds is 1. The normalized spacial score (nSPS) is 17.7. The molecule has 1 aliphatic heterocycles. The van der Waals surface area contributed by atoms with Crippen molar-refractivity contribution < 1.29 is 14.9 Å². The van der Waals surface area contributed by atoms with Crippen molar-refractivity contribution in [3.05, 3.63) is 0 Å². The summed E-state index contributed by atoms with van der Waals surface area (Å²) in [4.78, 5) is 0. The zero-order chi connectivity index (χ0) is 7.11. The summed E-state index contributed by atoms with van der Waals surface area (Å²) in [6.07, 6.45) is 0. The van der Waals surface area contributed by atoms with Gasteiger partial charge in [-0.05, 0) is 0 Å². The van der Waals surface area contributed by atoms with Gasteiger partial charge in [-0.15, -0.1) is 0 Å². The fourth-order valence-corrected chi connectivity index (χ4v) is 0.354. The summed E-state index contributed by atoms with van der Waals surface area (Å²) in [5, 5.41) is 15.2. The maximum atomic E-state index is 7.62. The summed E-state index contributed by atoms with van der Waals surface area (Å²) in [7, 11) is 0. The molecule has 1 saturated heterocycles. The molecule has 3 heteroatoms. The van der Waals surface area contributed by atoms with Crippen molar-refractivity contribution in [2.75, 3.05) is 26.4 Å². The lowest BCUT2D eigenvalue weighted by Crippen LogP contribution is -2.23. The molecule has 1 rings (SSSR count). The monoisotopic (exact) mass is 134 g/mol. The van der Waals surface area contributed by atoms with E-state index in [4.69, 9.17) is 14.9 Å². The standard InChI is InChI=1S/C4H8O.C2H6O2/c1-4-2-5-3-4;3-1-2-4/h4H,2-3H2,1H3;3-4H,1-2H2. The van der Waals surface area contributed by atoms with Crippen molar-refractivity contribution in [1.29, 1.82) is 0 Å². The molecule has 9 heavy (non-hydrogen) atoms. The smallest absolute Gasteiger partial charge is 0.0662 e. The topological polar surface area (TPSA) is 49.7 Å².